The zero-order valence-electron chi connectivity index (χ0n) is 11.6. The van der Waals surface area contributed by atoms with E-state index in [1.165, 1.54) is 12.8 Å². The summed E-state index contributed by atoms with van der Waals surface area (Å²) in [5.41, 5.74) is 2.91. The number of phenolic OH excluding ortho intramolecular Hbond substituents is 1. The molecule has 0 fully saturated rings. The van der Waals surface area contributed by atoms with E-state index in [2.05, 4.69) is 13.0 Å². The van der Waals surface area contributed by atoms with Crippen LogP contribution in [0.25, 0.3) is 21.4 Å². The lowest BCUT2D eigenvalue weighted by atomic mass is 10.0. The van der Waals surface area contributed by atoms with Gasteiger partial charge in [0, 0.05) is 10.4 Å². The van der Waals surface area contributed by atoms with Crippen LogP contribution in [0.15, 0.2) is 40.3 Å². The van der Waals surface area contributed by atoms with Crippen LogP contribution >= 0.6 is 11.3 Å². The number of aromatic hydroxyl groups is 1. The molecule has 0 unspecified atom stereocenters. The van der Waals surface area contributed by atoms with Crippen molar-refractivity contribution in [1.82, 2.24) is 0 Å². The predicted octanol–water partition coefficient (Wildman–Crippen LogP) is 5.60. The molecule has 2 nitrogen and oxygen atoms in total. The lowest BCUT2D eigenvalue weighted by Crippen LogP contribution is -1.85. The van der Waals surface area contributed by atoms with Crippen molar-refractivity contribution < 1.29 is 9.52 Å². The van der Waals surface area contributed by atoms with E-state index in [4.69, 9.17) is 4.42 Å². The van der Waals surface area contributed by atoms with Gasteiger partial charge in [-0.05, 0) is 42.0 Å². The number of furan rings is 1. The quantitative estimate of drug-likeness (QED) is 0.619. The molecule has 0 amide bonds. The van der Waals surface area contributed by atoms with E-state index in [0.29, 0.717) is 5.75 Å². The van der Waals surface area contributed by atoms with Gasteiger partial charge in [0.2, 0.25) is 0 Å². The standard InChI is InChI=1S/C17H18O2S/c1-2-3-4-6-12-9-14(18)17-13(11-19-15(17)10-12)16-7-5-8-20-16/h5,7-11,18H,2-4,6H2,1H3. The SMILES string of the molecule is CCCCCc1cc(O)c2c(-c3cccs3)coc2c1. The molecule has 0 aliphatic carbocycles. The van der Waals surface area contributed by atoms with E-state index in [1.54, 1.807) is 17.6 Å². The number of hydrogen-bond donors (Lipinski definition) is 1. The first-order valence-electron chi connectivity index (χ1n) is 7.06. The van der Waals surface area contributed by atoms with Crippen LogP contribution < -0.4 is 0 Å². The van der Waals surface area contributed by atoms with Crippen LogP contribution in [0, 0.1) is 0 Å². The largest absolute Gasteiger partial charge is 0.507 e. The van der Waals surface area contributed by atoms with Gasteiger partial charge in [0.05, 0.1) is 5.39 Å². The molecule has 2 aromatic heterocycles. The molecule has 0 radical (unpaired) electrons. The minimum absolute atomic E-state index is 0.325. The summed E-state index contributed by atoms with van der Waals surface area (Å²) in [4.78, 5) is 1.12. The molecule has 0 spiro atoms. The van der Waals surface area contributed by atoms with Gasteiger partial charge in [0.15, 0.2) is 0 Å². The highest BCUT2D eigenvalue weighted by Crippen LogP contribution is 2.39. The van der Waals surface area contributed by atoms with Crippen LogP contribution in [0.1, 0.15) is 31.7 Å². The van der Waals surface area contributed by atoms with Gasteiger partial charge in [-0.3, -0.25) is 0 Å². The second-order valence-corrected chi connectivity index (χ2v) is 6.02. The van der Waals surface area contributed by atoms with E-state index in [1.807, 2.05) is 23.6 Å². The summed E-state index contributed by atoms with van der Waals surface area (Å²) in [5, 5.41) is 13.2. The lowest BCUT2D eigenvalue weighted by molar-refractivity contribution is 0.480. The topological polar surface area (TPSA) is 33.4 Å². The van der Waals surface area contributed by atoms with E-state index >= 15 is 0 Å². The molecule has 104 valence electrons. The summed E-state index contributed by atoms with van der Waals surface area (Å²) < 4.78 is 5.65. The van der Waals surface area contributed by atoms with Gasteiger partial charge in [-0.1, -0.05) is 25.8 Å². The summed E-state index contributed by atoms with van der Waals surface area (Å²) in [6, 6.07) is 7.99. The molecule has 3 heteroatoms. The summed E-state index contributed by atoms with van der Waals surface area (Å²) in [6.45, 7) is 2.19. The van der Waals surface area contributed by atoms with Crippen LogP contribution in [0.5, 0.6) is 5.75 Å². The maximum atomic E-state index is 10.3. The van der Waals surface area contributed by atoms with Crippen LogP contribution in [0.2, 0.25) is 0 Å². The molecule has 0 atom stereocenters. The Hall–Kier alpha value is -1.74. The molecule has 1 N–H and O–H groups in total. The summed E-state index contributed by atoms with van der Waals surface area (Å²) in [5.74, 6) is 0.325. The van der Waals surface area contributed by atoms with Gasteiger partial charge < -0.3 is 9.52 Å². The summed E-state index contributed by atoms with van der Waals surface area (Å²) in [7, 11) is 0. The smallest absolute Gasteiger partial charge is 0.138 e. The second kappa shape index (κ2) is 5.71. The van der Waals surface area contributed by atoms with Gasteiger partial charge >= 0.3 is 0 Å². The molecule has 0 aliphatic rings. The number of rotatable bonds is 5. The van der Waals surface area contributed by atoms with Gasteiger partial charge in [0.25, 0.3) is 0 Å². The van der Waals surface area contributed by atoms with E-state index in [-0.39, 0.29) is 0 Å². The van der Waals surface area contributed by atoms with Crippen molar-refractivity contribution in [2.45, 2.75) is 32.6 Å². The van der Waals surface area contributed by atoms with Gasteiger partial charge in [-0.2, -0.15) is 0 Å². The molecule has 2 heterocycles. The number of thiophene rings is 1. The van der Waals surface area contributed by atoms with Crippen molar-refractivity contribution in [2.24, 2.45) is 0 Å². The fourth-order valence-corrected chi connectivity index (χ4v) is 3.28. The maximum Gasteiger partial charge on any atom is 0.138 e. The first-order chi connectivity index (χ1) is 9.79. The number of phenols is 1. The average Bonchev–Trinajstić information content (AvgIpc) is 3.07. The monoisotopic (exact) mass is 286 g/mol. The van der Waals surface area contributed by atoms with Crippen LogP contribution in [-0.2, 0) is 6.42 Å². The number of unbranched alkanes of at least 4 members (excludes halogenated alkanes) is 2. The summed E-state index contributed by atoms with van der Waals surface area (Å²) in [6.07, 6.45) is 6.31. The Morgan fingerprint density at radius 3 is 2.90 bits per heavy atom. The number of hydrogen-bond acceptors (Lipinski definition) is 3. The Kier molecular flexibility index (Phi) is 3.79. The molecule has 0 saturated heterocycles. The third-order valence-corrected chi connectivity index (χ3v) is 4.47. The minimum atomic E-state index is 0.325. The minimum Gasteiger partial charge on any atom is -0.507 e. The molecular formula is C17H18O2S. The van der Waals surface area contributed by atoms with Crippen molar-refractivity contribution in [3.63, 3.8) is 0 Å². The number of aryl methyl sites for hydroxylation is 1. The molecular weight excluding hydrogens is 268 g/mol. The fourth-order valence-electron chi connectivity index (χ4n) is 2.54. The van der Waals surface area contributed by atoms with Crippen LogP contribution in [0.3, 0.4) is 0 Å². The highest BCUT2D eigenvalue weighted by Gasteiger charge is 2.14. The maximum absolute atomic E-state index is 10.3. The molecule has 0 aliphatic heterocycles. The Morgan fingerprint density at radius 1 is 1.25 bits per heavy atom. The highest BCUT2D eigenvalue weighted by atomic mass is 32.1. The third-order valence-electron chi connectivity index (χ3n) is 3.57. The Balaban J connectivity index is 1.98. The first kappa shape index (κ1) is 13.3. The van der Waals surface area contributed by atoms with E-state index in [9.17, 15) is 5.11 Å². The molecule has 0 saturated carbocycles. The van der Waals surface area contributed by atoms with Crippen molar-refractivity contribution >= 4 is 22.3 Å². The van der Waals surface area contributed by atoms with Crippen molar-refractivity contribution in [3.8, 4) is 16.2 Å². The van der Waals surface area contributed by atoms with Gasteiger partial charge in [-0.15, -0.1) is 11.3 Å². The van der Waals surface area contributed by atoms with Crippen molar-refractivity contribution in [3.05, 3.63) is 41.5 Å². The average molecular weight is 286 g/mol. The summed E-state index contributed by atoms with van der Waals surface area (Å²) >= 11 is 1.65. The Labute approximate surface area is 122 Å². The Bertz CT molecular complexity index is 695. The van der Waals surface area contributed by atoms with Crippen LogP contribution in [-0.4, -0.2) is 5.11 Å². The van der Waals surface area contributed by atoms with Crippen molar-refractivity contribution in [2.75, 3.05) is 0 Å². The highest BCUT2D eigenvalue weighted by molar-refractivity contribution is 7.13. The zero-order valence-corrected chi connectivity index (χ0v) is 12.4. The molecule has 1 aromatic carbocycles. The normalized spacial score (nSPS) is 11.2. The first-order valence-corrected chi connectivity index (χ1v) is 7.94. The Morgan fingerprint density at radius 2 is 2.15 bits per heavy atom. The van der Waals surface area contributed by atoms with E-state index in [0.717, 1.165) is 39.8 Å². The fraction of sp³-hybridized carbons (Fsp3) is 0.294. The van der Waals surface area contributed by atoms with Gasteiger partial charge in [0.1, 0.15) is 17.6 Å². The van der Waals surface area contributed by atoms with Gasteiger partial charge in [-0.25, -0.2) is 0 Å². The lowest BCUT2D eigenvalue weighted by Gasteiger charge is -2.03. The molecule has 3 aromatic rings. The molecule has 20 heavy (non-hydrogen) atoms. The molecule has 3 rings (SSSR count). The van der Waals surface area contributed by atoms with E-state index < -0.39 is 0 Å². The number of fused-ring (bicyclic) bond motifs is 1. The number of benzene rings is 1. The van der Waals surface area contributed by atoms with Crippen LogP contribution in [0.4, 0.5) is 0 Å². The zero-order chi connectivity index (χ0) is 13.9. The third kappa shape index (κ3) is 2.46. The molecule has 0 bridgehead atoms. The van der Waals surface area contributed by atoms with Crippen molar-refractivity contribution in [1.29, 1.82) is 0 Å². The predicted molar refractivity (Wildman–Crippen MR) is 84.4 cm³/mol. The second-order valence-electron chi connectivity index (χ2n) is 5.07.